The summed E-state index contributed by atoms with van der Waals surface area (Å²) in [5, 5.41) is 0.403. The molecule has 1 aliphatic heterocycles. The zero-order chi connectivity index (χ0) is 13.3. The topological polar surface area (TPSA) is 20.3 Å². The predicted octanol–water partition coefficient (Wildman–Crippen LogP) is 4.19. The molecule has 0 aliphatic carbocycles. The van der Waals surface area contributed by atoms with Crippen molar-refractivity contribution in [3.8, 4) is 0 Å². The molecule has 0 spiro atoms. The number of thioether (sulfide) groups is 1. The number of nitrogens with zero attached hydrogens (tertiary/aromatic N) is 1. The van der Waals surface area contributed by atoms with Gasteiger partial charge in [0, 0.05) is 17.9 Å². The molecule has 98 valence electrons. The van der Waals surface area contributed by atoms with Gasteiger partial charge < -0.3 is 4.90 Å². The maximum Gasteiger partial charge on any atom is 0.241 e. The molecule has 0 N–H and O–H groups in total. The van der Waals surface area contributed by atoms with Gasteiger partial charge in [0.1, 0.15) is 10.8 Å². The number of alkyl halides is 1. The van der Waals surface area contributed by atoms with Crippen molar-refractivity contribution in [2.24, 2.45) is 0 Å². The van der Waals surface area contributed by atoms with Gasteiger partial charge in [-0.05, 0) is 13.0 Å². The highest BCUT2D eigenvalue weighted by Gasteiger charge is 2.33. The lowest BCUT2D eigenvalue weighted by molar-refractivity contribution is -0.130. The SMILES string of the molecule is C[C@H](Cl)C(=O)N1CCS[C@@H]1c1cccc(Cl)c1Cl. The number of amides is 1. The average molecular weight is 325 g/mol. The van der Waals surface area contributed by atoms with Crippen LogP contribution < -0.4 is 0 Å². The Balaban J connectivity index is 2.32. The minimum absolute atomic E-state index is 0.0669. The maximum atomic E-state index is 12.0. The molecule has 1 saturated heterocycles. The first-order valence-corrected chi connectivity index (χ1v) is 7.76. The minimum Gasteiger partial charge on any atom is -0.324 e. The van der Waals surface area contributed by atoms with Crippen molar-refractivity contribution in [2.45, 2.75) is 17.7 Å². The summed E-state index contributed by atoms with van der Waals surface area (Å²) in [5.74, 6) is 0.811. The Bertz CT molecular complexity index is 467. The molecule has 2 atom stereocenters. The molecule has 18 heavy (non-hydrogen) atoms. The normalized spacial score (nSPS) is 21.1. The molecule has 1 aromatic rings. The van der Waals surface area contributed by atoms with Gasteiger partial charge in [-0.25, -0.2) is 0 Å². The molecule has 0 aromatic heterocycles. The van der Waals surface area contributed by atoms with Gasteiger partial charge in [-0.3, -0.25) is 4.79 Å². The van der Waals surface area contributed by atoms with Crippen LogP contribution in [-0.2, 0) is 4.79 Å². The molecule has 1 amide bonds. The third-order valence-electron chi connectivity index (χ3n) is 2.76. The number of carbonyl (C=O) groups is 1. The fourth-order valence-corrected chi connectivity index (χ4v) is 3.78. The number of carbonyl (C=O) groups excluding carboxylic acids is 1. The molecular formula is C12H12Cl3NOS. The zero-order valence-corrected chi connectivity index (χ0v) is 12.8. The van der Waals surface area contributed by atoms with Crippen molar-refractivity contribution in [3.63, 3.8) is 0 Å². The molecule has 0 saturated carbocycles. The van der Waals surface area contributed by atoms with Crippen LogP contribution in [0.15, 0.2) is 18.2 Å². The van der Waals surface area contributed by atoms with Gasteiger partial charge in [-0.15, -0.1) is 23.4 Å². The largest absolute Gasteiger partial charge is 0.324 e. The molecule has 0 unspecified atom stereocenters. The van der Waals surface area contributed by atoms with E-state index in [2.05, 4.69) is 0 Å². The first-order chi connectivity index (χ1) is 8.52. The molecule has 6 heteroatoms. The molecular weight excluding hydrogens is 313 g/mol. The third kappa shape index (κ3) is 2.74. The van der Waals surface area contributed by atoms with Crippen LogP contribution in [0.1, 0.15) is 17.9 Å². The third-order valence-corrected chi connectivity index (χ3v) is 5.02. The van der Waals surface area contributed by atoms with E-state index in [-0.39, 0.29) is 11.3 Å². The first kappa shape index (κ1) is 14.3. The first-order valence-electron chi connectivity index (χ1n) is 5.52. The van der Waals surface area contributed by atoms with Gasteiger partial charge in [0.2, 0.25) is 5.91 Å². The molecule has 1 heterocycles. The van der Waals surface area contributed by atoms with E-state index >= 15 is 0 Å². The Morgan fingerprint density at radius 1 is 1.50 bits per heavy atom. The molecule has 0 bridgehead atoms. The summed E-state index contributed by atoms with van der Waals surface area (Å²) < 4.78 is 0. The van der Waals surface area contributed by atoms with Crippen LogP contribution in [0.2, 0.25) is 10.0 Å². The molecule has 1 fully saturated rings. The summed E-state index contributed by atoms with van der Waals surface area (Å²) in [4.78, 5) is 13.8. The lowest BCUT2D eigenvalue weighted by Crippen LogP contribution is -2.35. The maximum absolute atomic E-state index is 12.0. The van der Waals surface area contributed by atoms with Crippen molar-refractivity contribution in [1.82, 2.24) is 4.90 Å². The Labute approximate surface area is 126 Å². The van der Waals surface area contributed by atoms with E-state index in [0.717, 1.165) is 11.3 Å². The lowest BCUT2D eigenvalue weighted by Gasteiger charge is -2.26. The predicted molar refractivity (Wildman–Crippen MR) is 78.7 cm³/mol. The highest BCUT2D eigenvalue weighted by molar-refractivity contribution is 7.99. The summed E-state index contributed by atoms with van der Waals surface area (Å²) in [5.41, 5.74) is 0.873. The van der Waals surface area contributed by atoms with Gasteiger partial charge in [0.25, 0.3) is 0 Å². The van der Waals surface area contributed by atoms with Crippen molar-refractivity contribution in [1.29, 1.82) is 0 Å². The number of rotatable bonds is 2. The average Bonchev–Trinajstić information content (AvgIpc) is 2.80. The summed E-state index contributed by atoms with van der Waals surface area (Å²) in [6, 6.07) is 5.48. The van der Waals surface area contributed by atoms with E-state index in [9.17, 15) is 4.79 Å². The Morgan fingerprint density at radius 2 is 2.22 bits per heavy atom. The summed E-state index contributed by atoms with van der Waals surface area (Å²) >= 11 is 19.8. The quantitative estimate of drug-likeness (QED) is 0.760. The summed E-state index contributed by atoms with van der Waals surface area (Å²) in [6.07, 6.45) is 0. The van der Waals surface area contributed by atoms with E-state index < -0.39 is 5.38 Å². The smallest absolute Gasteiger partial charge is 0.241 e. The molecule has 1 aliphatic rings. The number of halogens is 3. The molecule has 2 rings (SSSR count). The zero-order valence-electron chi connectivity index (χ0n) is 9.70. The second-order valence-corrected chi connectivity index (χ2v) is 6.64. The van der Waals surface area contributed by atoms with Gasteiger partial charge in [-0.1, -0.05) is 35.3 Å². The lowest BCUT2D eigenvalue weighted by atomic mass is 10.2. The fraction of sp³-hybridized carbons (Fsp3) is 0.417. The highest BCUT2D eigenvalue weighted by atomic mass is 35.5. The van der Waals surface area contributed by atoms with Crippen LogP contribution in [-0.4, -0.2) is 28.5 Å². The van der Waals surface area contributed by atoms with E-state index in [1.54, 1.807) is 29.7 Å². The summed E-state index contributed by atoms with van der Waals surface area (Å²) in [6.45, 7) is 2.37. The van der Waals surface area contributed by atoms with Crippen molar-refractivity contribution < 1.29 is 4.79 Å². The van der Waals surface area contributed by atoms with Crippen LogP contribution in [0.25, 0.3) is 0 Å². The van der Waals surface area contributed by atoms with Crippen LogP contribution in [0.5, 0.6) is 0 Å². The van der Waals surface area contributed by atoms with Gasteiger partial charge in [-0.2, -0.15) is 0 Å². The van der Waals surface area contributed by atoms with E-state index in [1.807, 2.05) is 12.1 Å². The van der Waals surface area contributed by atoms with Gasteiger partial charge in [0.05, 0.1) is 10.0 Å². The summed E-state index contributed by atoms with van der Waals surface area (Å²) in [7, 11) is 0. The van der Waals surface area contributed by atoms with Crippen LogP contribution >= 0.6 is 46.6 Å². The second kappa shape index (κ2) is 5.91. The number of hydrogen-bond acceptors (Lipinski definition) is 2. The molecule has 0 radical (unpaired) electrons. The number of hydrogen-bond donors (Lipinski definition) is 0. The van der Waals surface area contributed by atoms with Crippen molar-refractivity contribution in [2.75, 3.05) is 12.3 Å². The number of benzene rings is 1. The van der Waals surface area contributed by atoms with Gasteiger partial charge in [0.15, 0.2) is 0 Å². The fourth-order valence-electron chi connectivity index (χ4n) is 1.89. The molecule has 2 nitrogen and oxygen atoms in total. The second-order valence-electron chi connectivity index (χ2n) is 4.01. The van der Waals surface area contributed by atoms with E-state index in [1.165, 1.54) is 0 Å². The molecule has 1 aromatic carbocycles. The van der Waals surface area contributed by atoms with Crippen LogP contribution in [0, 0.1) is 0 Å². The van der Waals surface area contributed by atoms with Crippen molar-refractivity contribution in [3.05, 3.63) is 33.8 Å². The minimum atomic E-state index is -0.524. The monoisotopic (exact) mass is 323 g/mol. The standard InChI is InChI=1S/C12H12Cl3NOS/c1-7(13)11(17)16-5-6-18-12(16)8-3-2-4-9(14)10(8)15/h2-4,7,12H,5-6H2,1H3/t7-,12+/m0/s1. The Morgan fingerprint density at radius 3 is 2.89 bits per heavy atom. The van der Waals surface area contributed by atoms with E-state index in [4.69, 9.17) is 34.8 Å². The highest BCUT2D eigenvalue weighted by Crippen LogP contribution is 2.43. The van der Waals surface area contributed by atoms with Crippen molar-refractivity contribution >= 4 is 52.5 Å². The van der Waals surface area contributed by atoms with E-state index in [0.29, 0.717) is 16.6 Å². The van der Waals surface area contributed by atoms with Crippen LogP contribution in [0.4, 0.5) is 0 Å². The van der Waals surface area contributed by atoms with Crippen LogP contribution in [0.3, 0.4) is 0 Å². The van der Waals surface area contributed by atoms with Gasteiger partial charge >= 0.3 is 0 Å². The Kier molecular flexibility index (Phi) is 4.70. The Hall–Kier alpha value is -0.0900.